The van der Waals surface area contributed by atoms with Crippen LogP contribution in [0.3, 0.4) is 0 Å². The van der Waals surface area contributed by atoms with Crippen molar-refractivity contribution in [2.24, 2.45) is 0 Å². The van der Waals surface area contributed by atoms with Crippen LogP contribution in [0.1, 0.15) is 6.92 Å². The lowest BCUT2D eigenvalue weighted by Crippen LogP contribution is -2.23. The number of halogens is 3. The standard InChI is InChI=1S/C16H12ClF2N5OS/c1-9(15(25)20-14-6-5-11(18)8-13(14)19)26-16-21-22-23-24(16)12-4-2-3-10(17)7-12/h2-9H,1H3,(H,20,25)/t9-/m1/s1. The minimum Gasteiger partial charge on any atom is -0.323 e. The van der Waals surface area contributed by atoms with Crippen molar-refractivity contribution in [2.75, 3.05) is 5.32 Å². The minimum atomic E-state index is -0.848. The van der Waals surface area contributed by atoms with Crippen LogP contribution in [0.2, 0.25) is 5.02 Å². The highest BCUT2D eigenvalue weighted by atomic mass is 35.5. The van der Waals surface area contributed by atoms with E-state index in [4.69, 9.17) is 11.6 Å². The fourth-order valence-electron chi connectivity index (χ4n) is 2.06. The SMILES string of the molecule is C[C@@H](Sc1nnnn1-c1cccc(Cl)c1)C(=O)Nc1ccc(F)cc1F. The van der Waals surface area contributed by atoms with Crippen LogP contribution in [-0.2, 0) is 4.79 Å². The number of thioether (sulfide) groups is 1. The number of carbonyl (C=O) groups is 1. The van der Waals surface area contributed by atoms with E-state index in [0.717, 1.165) is 23.9 Å². The topological polar surface area (TPSA) is 72.7 Å². The van der Waals surface area contributed by atoms with Crippen LogP contribution in [0.4, 0.5) is 14.5 Å². The fraction of sp³-hybridized carbons (Fsp3) is 0.125. The van der Waals surface area contributed by atoms with Gasteiger partial charge in [-0.2, -0.15) is 4.68 Å². The second kappa shape index (κ2) is 7.79. The van der Waals surface area contributed by atoms with Gasteiger partial charge < -0.3 is 5.32 Å². The van der Waals surface area contributed by atoms with E-state index in [1.165, 1.54) is 4.68 Å². The molecule has 3 aromatic rings. The van der Waals surface area contributed by atoms with Gasteiger partial charge in [-0.15, -0.1) is 5.10 Å². The van der Waals surface area contributed by atoms with Crippen molar-refractivity contribution in [3.63, 3.8) is 0 Å². The van der Waals surface area contributed by atoms with Crippen LogP contribution in [-0.4, -0.2) is 31.4 Å². The molecule has 1 aromatic heterocycles. The Morgan fingerprint density at radius 2 is 2.08 bits per heavy atom. The van der Waals surface area contributed by atoms with Crippen LogP contribution < -0.4 is 5.32 Å². The molecule has 0 aliphatic carbocycles. The molecule has 1 N–H and O–H groups in total. The molecule has 134 valence electrons. The van der Waals surface area contributed by atoms with E-state index in [1.807, 2.05) is 0 Å². The van der Waals surface area contributed by atoms with Gasteiger partial charge in [-0.05, 0) is 47.7 Å². The first-order valence-electron chi connectivity index (χ1n) is 7.41. The molecule has 26 heavy (non-hydrogen) atoms. The molecular formula is C16H12ClF2N5OS. The second-order valence-corrected chi connectivity index (χ2v) is 6.97. The fourth-order valence-corrected chi connectivity index (χ4v) is 3.05. The Bertz CT molecular complexity index is 952. The molecule has 0 fully saturated rings. The molecule has 10 heteroatoms. The summed E-state index contributed by atoms with van der Waals surface area (Å²) in [7, 11) is 0. The summed E-state index contributed by atoms with van der Waals surface area (Å²) in [6.45, 7) is 1.62. The second-order valence-electron chi connectivity index (χ2n) is 5.23. The summed E-state index contributed by atoms with van der Waals surface area (Å²) < 4.78 is 28.0. The third kappa shape index (κ3) is 4.17. The van der Waals surface area contributed by atoms with Crippen LogP contribution in [0, 0.1) is 11.6 Å². The van der Waals surface area contributed by atoms with Crippen molar-refractivity contribution in [1.29, 1.82) is 0 Å². The molecular weight excluding hydrogens is 384 g/mol. The van der Waals surface area contributed by atoms with Crippen molar-refractivity contribution < 1.29 is 13.6 Å². The number of benzene rings is 2. The zero-order valence-corrected chi connectivity index (χ0v) is 14.9. The Kier molecular flexibility index (Phi) is 5.48. The summed E-state index contributed by atoms with van der Waals surface area (Å²) in [5.41, 5.74) is 0.542. The number of carbonyl (C=O) groups excluding carboxylic acids is 1. The van der Waals surface area contributed by atoms with Gasteiger partial charge in [0.15, 0.2) is 0 Å². The van der Waals surface area contributed by atoms with E-state index >= 15 is 0 Å². The van der Waals surface area contributed by atoms with Crippen molar-refractivity contribution in [2.45, 2.75) is 17.3 Å². The number of rotatable bonds is 5. The maximum Gasteiger partial charge on any atom is 0.237 e. The third-order valence-corrected chi connectivity index (χ3v) is 4.60. The van der Waals surface area contributed by atoms with Gasteiger partial charge >= 0.3 is 0 Å². The van der Waals surface area contributed by atoms with E-state index in [2.05, 4.69) is 20.8 Å². The molecule has 0 spiro atoms. The van der Waals surface area contributed by atoms with E-state index in [-0.39, 0.29) is 5.69 Å². The molecule has 0 saturated carbocycles. The molecule has 1 atom stereocenters. The maximum absolute atomic E-state index is 13.7. The smallest absolute Gasteiger partial charge is 0.237 e. The van der Waals surface area contributed by atoms with Crippen molar-refractivity contribution in [3.8, 4) is 5.69 Å². The van der Waals surface area contributed by atoms with Gasteiger partial charge in [0, 0.05) is 11.1 Å². The Morgan fingerprint density at radius 1 is 1.27 bits per heavy atom. The lowest BCUT2D eigenvalue weighted by Gasteiger charge is -2.12. The summed E-state index contributed by atoms with van der Waals surface area (Å²) in [6.07, 6.45) is 0. The first kappa shape index (κ1) is 18.3. The highest BCUT2D eigenvalue weighted by Gasteiger charge is 2.20. The van der Waals surface area contributed by atoms with E-state index in [0.29, 0.717) is 21.9 Å². The molecule has 0 aliphatic rings. The first-order chi connectivity index (χ1) is 12.4. The summed E-state index contributed by atoms with van der Waals surface area (Å²) in [5, 5.41) is 14.1. The average Bonchev–Trinajstić information content (AvgIpc) is 3.05. The Morgan fingerprint density at radius 3 is 2.81 bits per heavy atom. The number of anilines is 1. The van der Waals surface area contributed by atoms with Gasteiger partial charge in [-0.25, -0.2) is 8.78 Å². The molecule has 6 nitrogen and oxygen atoms in total. The van der Waals surface area contributed by atoms with Crippen molar-refractivity contribution in [1.82, 2.24) is 20.2 Å². The third-order valence-electron chi connectivity index (χ3n) is 3.33. The monoisotopic (exact) mass is 395 g/mol. The number of hydrogen-bond donors (Lipinski definition) is 1. The largest absolute Gasteiger partial charge is 0.323 e. The highest BCUT2D eigenvalue weighted by Crippen LogP contribution is 2.25. The number of nitrogens with zero attached hydrogens (tertiary/aromatic N) is 4. The van der Waals surface area contributed by atoms with Gasteiger partial charge in [0.25, 0.3) is 0 Å². The van der Waals surface area contributed by atoms with E-state index < -0.39 is 22.8 Å². The number of tetrazole rings is 1. The number of nitrogens with one attached hydrogen (secondary N) is 1. The van der Waals surface area contributed by atoms with E-state index in [1.54, 1.807) is 31.2 Å². The minimum absolute atomic E-state index is 0.0988. The lowest BCUT2D eigenvalue weighted by atomic mass is 10.3. The summed E-state index contributed by atoms with van der Waals surface area (Å²) in [5.74, 6) is -2.04. The maximum atomic E-state index is 13.7. The number of amides is 1. The molecule has 2 aromatic carbocycles. The average molecular weight is 396 g/mol. The van der Waals surface area contributed by atoms with Gasteiger partial charge in [0.05, 0.1) is 16.6 Å². The van der Waals surface area contributed by atoms with Gasteiger partial charge in [-0.1, -0.05) is 29.4 Å². The number of aromatic nitrogens is 4. The molecule has 0 aliphatic heterocycles. The molecule has 0 radical (unpaired) electrons. The molecule has 0 saturated heterocycles. The molecule has 1 heterocycles. The Balaban J connectivity index is 1.73. The van der Waals surface area contributed by atoms with Gasteiger partial charge in [0.1, 0.15) is 11.6 Å². The Hall–Kier alpha value is -2.52. The zero-order chi connectivity index (χ0) is 18.7. The summed E-state index contributed by atoms with van der Waals surface area (Å²) in [4.78, 5) is 12.3. The summed E-state index contributed by atoms with van der Waals surface area (Å²) in [6, 6.07) is 9.85. The summed E-state index contributed by atoms with van der Waals surface area (Å²) >= 11 is 7.06. The van der Waals surface area contributed by atoms with E-state index in [9.17, 15) is 13.6 Å². The first-order valence-corrected chi connectivity index (χ1v) is 8.66. The lowest BCUT2D eigenvalue weighted by molar-refractivity contribution is -0.115. The van der Waals surface area contributed by atoms with Crippen LogP contribution >= 0.6 is 23.4 Å². The van der Waals surface area contributed by atoms with Crippen LogP contribution in [0.5, 0.6) is 0 Å². The quantitative estimate of drug-likeness (QED) is 0.667. The highest BCUT2D eigenvalue weighted by molar-refractivity contribution is 8.00. The van der Waals surface area contributed by atoms with Crippen molar-refractivity contribution in [3.05, 3.63) is 59.1 Å². The molecule has 0 unspecified atom stereocenters. The molecule has 0 bridgehead atoms. The van der Waals surface area contributed by atoms with Crippen LogP contribution in [0.15, 0.2) is 47.6 Å². The van der Waals surface area contributed by atoms with Gasteiger partial charge in [-0.3, -0.25) is 4.79 Å². The molecule has 3 rings (SSSR count). The molecule has 1 amide bonds. The predicted molar refractivity (Wildman–Crippen MR) is 94.5 cm³/mol. The van der Waals surface area contributed by atoms with Crippen molar-refractivity contribution >= 4 is 35.0 Å². The Labute approximate surface area is 156 Å². The zero-order valence-electron chi connectivity index (χ0n) is 13.4. The van der Waals surface area contributed by atoms with Gasteiger partial charge in [0.2, 0.25) is 11.1 Å². The number of hydrogen-bond acceptors (Lipinski definition) is 5. The predicted octanol–water partition coefficient (Wildman–Crippen LogP) is 3.71. The normalized spacial score (nSPS) is 12.0. The van der Waals surface area contributed by atoms with Crippen LogP contribution in [0.25, 0.3) is 5.69 Å².